The molecule has 3 aromatic carbocycles. The fourth-order valence-electron chi connectivity index (χ4n) is 3.75. The maximum Gasteiger partial charge on any atom is 0.336 e. The second kappa shape index (κ2) is 19.2. The molecule has 0 unspecified atom stereocenters. The Bertz CT molecular complexity index is 1300. The van der Waals surface area contributed by atoms with E-state index in [1.165, 1.54) is 43.4 Å². The van der Waals surface area contributed by atoms with E-state index in [0.717, 1.165) is 42.6 Å². The van der Waals surface area contributed by atoms with Crippen LogP contribution in [0.2, 0.25) is 0 Å². The number of aryl methyl sites for hydroxylation is 2. The fourth-order valence-corrected chi connectivity index (χ4v) is 3.75. The highest BCUT2D eigenvalue weighted by Crippen LogP contribution is 2.14. The molecule has 0 fully saturated rings. The molecule has 0 spiro atoms. The molecular formula is C34H44N2O4. The molecule has 4 rings (SSSR count). The molecule has 4 aromatic rings. The molecular weight excluding hydrogens is 500 g/mol. The summed E-state index contributed by atoms with van der Waals surface area (Å²) in [4.78, 5) is 21.7. The number of ether oxygens (including phenoxy) is 1. The lowest BCUT2D eigenvalue weighted by atomic mass is 10.0. The van der Waals surface area contributed by atoms with E-state index in [-0.39, 0.29) is 11.5 Å². The van der Waals surface area contributed by atoms with Crippen molar-refractivity contribution < 1.29 is 13.9 Å². The molecule has 0 aliphatic rings. The SMILES string of the molecule is CCCCC.CCCOCNc1ccc(CCc2ccc(NC(C)=O)cc2)cc1.O=c1ccc2ccccc2o1. The minimum atomic E-state index is -0.302. The molecule has 0 bridgehead atoms. The summed E-state index contributed by atoms with van der Waals surface area (Å²) < 4.78 is 10.3. The van der Waals surface area contributed by atoms with Crippen LogP contribution >= 0.6 is 0 Å². The van der Waals surface area contributed by atoms with E-state index in [1.807, 2.05) is 30.3 Å². The standard InChI is InChI=1S/C20H26N2O2.C9H6O2.C5H12/c1-3-14-24-15-21-19-10-6-17(7-11-19)4-5-18-8-12-20(13-9-18)22-16(2)23;10-9-6-5-7-3-1-2-4-8(7)11-9;1-3-5-4-2/h6-13,21H,3-5,14-15H2,1-2H3,(H,22,23);1-6H;3-5H2,1-2H3. The third-order valence-corrected chi connectivity index (χ3v) is 5.89. The van der Waals surface area contributed by atoms with Crippen LogP contribution in [0.3, 0.4) is 0 Å². The number of carbonyl (C=O) groups is 1. The van der Waals surface area contributed by atoms with Crippen molar-refractivity contribution in [2.75, 3.05) is 24.0 Å². The van der Waals surface area contributed by atoms with Gasteiger partial charge in [-0.25, -0.2) is 4.79 Å². The molecule has 0 aliphatic carbocycles. The van der Waals surface area contributed by atoms with Crippen molar-refractivity contribution in [2.45, 2.75) is 66.2 Å². The number of rotatable bonds is 11. The summed E-state index contributed by atoms with van der Waals surface area (Å²) in [6.45, 7) is 9.37. The largest absolute Gasteiger partial charge is 0.423 e. The Labute approximate surface area is 238 Å². The van der Waals surface area contributed by atoms with Crippen LogP contribution in [-0.4, -0.2) is 19.2 Å². The van der Waals surface area contributed by atoms with E-state index in [1.54, 1.807) is 12.1 Å². The van der Waals surface area contributed by atoms with Crippen molar-refractivity contribution in [2.24, 2.45) is 0 Å². The first-order valence-corrected chi connectivity index (χ1v) is 14.2. The second-order valence-electron chi connectivity index (χ2n) is 9.45. The zero-order valence-electron chi connectivity index (χ0n) is 24.4. The molecule has 0 aliphatic heterocycles. The van der Waals surface area contributed by atoms with Crippen molar-refractivity contribution in [3.63, 3.8) is 0 Å². The molecule has 1 aromatic heterocycles. The highest BCUT2D eigenvalue weighted by atomic mass is 16.5. The van der Waals surface area contributed by atoms with Crippen LogP contribution in [0.15, 0.2) is 94.1 Å². The molecule has 6 nitrogen and oxygen atoms in total. The van der Waals surface area contributed by atoms with Crippen LogP contribution in [-0.2, 0) is 22.4 Å². The third kappa shape index (κ3) is 13.3. The zero-order valence-corrected chi connectivity index (χ0v) is 24.4. The fraction of sp³-hybridized carbons (Fsp3) is 0.353. The molecule has 0 saturated carbocycles. The molecule has 0 saturated heterocycles. The number of hydrogen-bond donors (Lipinski definition) is 2. The first kappa shape index (κ1) is 32.3. The Balaban J connectivity index is 0.000000286. The predicted octanol–water partition coefficient (Wildman–Crippen LogP) is 8.22. The lowest BCUT2D eigenvalue weighted by molar-refractivity contribution is -0.114. The number of amides is 1. The number of fused-ring (bicyclic) bond motifs is 1. The molecule has 1 amide bonds. The highest BCUT2D eigenvalue weighted by Gasteiger charge is 1.99. The van der Waals surface area contributed by atoms with E-state index in [4.69, 9.17) is 9.15 Å². The van der Waals surface area contributed by atoms with Gasteiger partial charge in [0.15, 0.2) is 0 Å². The summed E-state index contributed by atoms with van der Waals surface area (Å²) in [5, 5.41) is 6.98. The monoisotopic (exact) mass is 544 g/mol. The van der Waals surface area contributed by atoms with Crippen LogP contribution < -0.4 is 16.3 Å². The number of anilines is 2. The Hall–Kier alpha value is -3.90. The summed E-state index contributed by atoms with van der Waals surface area (Å²) in [6, 6.07) is 27.1. The van der Waals surface area contributed by atoms with Crippen LogP contribution in [0.1, 0.15) is 64.5 Å². The normalized spacial score (nSPS) is 10.1. The van der Waals surface area contributed by atoms with E-state index < -0.39 is 0 Å². The Morgan fingerprint density at radius 1 is 0.750 bits per heavy atom. The van der Waals surface area contributed by atoms with Gasteiger partial charge in [-0.05, 0) is 66.8 Å². The number of hydrogen-bond acceptors (Lipinski definition) is 5. The van der Waals surface area contributed by atoms with Gasteiger partial charge in [0.2, 0.25) is 5.91 Å². The Morgan fingerprint density at radius 2 is 1.35 bits per heavy atom. The third-order valence-electron chi connectivity index (χ3n) is 5.89. The minimum absolute atomic E-state index is 0.0449. The van der Waals surface area contributed by atoms with Gasteiger partial charge >= 0.3 is 5.63 Å². The van der Waals surface area contributed by atoms with Crippen molar-refractivity contribution in [3.8, 4) is 0 Å². The van der Waals surface area contributed by atoms with Crippen molar-refractivity contribution in [1.82, 2.24) is 0 Å². The summed E-state index contributed by atoms with van der Waals surface area (Å²) in [6.07, 6.45) is 7.08. The molecule has 2 N–H and O–H groups in total. The van der Waals surface area contributed by atoms with Gasteiger partial charge < -0.3 is 19.8 Å². The van der Waals surface area contributed by atoms with Gasteiger partial charge in [0.1, 0.15) is 12.3 Å². The van der Waals surface area contributed by atoms with E-state index >= 15 is 0 Å². The number of benzene rings is 3. The summed E-state index contributed by atoms with van der Waals surface area (Å²) >= 11 is 0. The van der Waals surface area contributed by atoms with Crippen LogP contribution in [0, 0.1) is 0 Å². The van der Waals surface area contributed by atoms with Crippen LogP contribution in [0.5, 0.6) is 0 Å². The summed E-state index contributed by atoms with van der Waals surface area (Å²) in [5.41, 5.74) is 4.82. The van der Waals surface area contributed by atoms with Gasteiger partial charge in [-0.3, -0.25) is 4.79 Å². The molecule has 0 radical (unpaired) electrons. The molecule has 40 heavy (non-hydrogen) atoms. The maximum atomic E-state index is 11.0. The Kier molecular flexibility index (Phi) is 15.5. The van der Waals surface area contributed by atoms with Crippen molar-refractivity contribution in [1.29, 1.82) is 0 Å². The molecule has 214 valence electrons. The van der Waals surface area contributed by atoms with Crippen molar-refractivity contribution >= 4 is 28.3 Å². The first-order valence-electron chi connectivity index (χ1n) is 14.2. The lowest BCUT2D eigenvalue weighted by Gasteiger charge is -2.08. The van der Waals surface area contributed by atoms with E-state index in [2.05, 4.69) is 67.8 Å². The van der Waals surface area contributed by atoms with Gasteiger partial charge in [-0.2, -0.15) is 0 Å². The number of unbranched alkanes of at least 4 members (excludes halogenated alkanes) is 2. The average Bonchev–Trinajstić information content (AvgIpc) is 2.96. The van der Waals surface area contributed by atoms with Gasteiger partial charge in [0, 0.05) is 36.4 Å². The summed E-state index contributed by atoms with van der Waals surface area (Å²) in [7, 11) is 0. The number of nitrogens with one attached hydrogen (secondary N) is 2. The Morgan fingerprint density at radius 3 is 1.90 bits per heavy atom. The number of para-hydroxylation sites is 1. The predicted molar refractivity (Wildman–Crippen MR) is 167 cm³/mol. The molecule has 6 heteroatoms. The first-order chi connectivity index (χ1) is 19.4. The number of carbonyl (C=O) groups excluding carboxylic acids is 1. The van der Waals surface area contributed by atoms with Gasteiger partial charge in [0.25, 0.3) is 0 Å². The topological polar surface area (TPSA) is 80.6 Å². The summed E-state index contributed by atoms with van der Waals surface area (Å²) in [5.74, 6) is -0.0449. The average molecular weight is 545 g/mol. The van der Waals surface area contributed by atoms with Crippen molar-refractivity contribution in [3.05, 3.63) is 106 Å². The molecule has 1 heterocycles. The maximum absolute atomic E-state index is 11.0. The van der Waals surface area contributed by atoms with E-state index in [0.29, 0.717) is 12.3 Å². The quantitative estimate of drug-likeness (QED) is 0.113. The van der Waals surface area contributed by atoms with Gasteiger partial charge in [0.05, 0.1) is 0 Å². The van der Waals surface area contributed by atoms with Gasteiger partial charge in [-0.1, -0.05) is 82.5 Å². The lowest BCUT2D eigenvalue weighted by Crippen LogP contribution is -2.06. The highest BCUT2D eigenvalue weighted by molar-refractivity contribution is 5.88. The zero-order chi connectivity index (χ0) is 29.0. The second-order valence-corrected chi connectivity index (χ2v) is 9.45. The smallest absolute Gasteiger partial charge is 0.336 e. The van der Waals surface area contributed by atoms with Crippen LogP contribution in [0.25, 0.3) is 11.0 Å². The van der Waals surface area contributed by atoms with Crippen LogP contribution in [0.4, 0.5) is 11.4 Å². The van der Waals surface area contributed by atoms with E-state index in [9.17, 15) is 9.59 Å². The minimum Gasteiger partial charge on any atom is -0.423 e. The van der Waals surface area contributed by atoms with Gasteiger partial charge in [-0.15, -0.1) is 0 Å². The molecule has 0 atom stereocenters.